The van der Waals surface area contributed by atoms with Gasteiger partial charge < -0.3 is 0 Å². The van der Waals surface area contributed by atoms with Gasteiger partial charge in [0.2, 0.25) is 0 Å². The van der Waals surface area contributed by atoms with E-state index in [4.69, 9.17) is 0 Å². The number of unbranched alkanes of at least 4 members (excludes halogenated alkanes) is 1. The topological polar surface area (TPSA) is 0 Å². The summed E-state index contributed by atoms with van der Waals surface area (Å²) in [6.45, 7) is 10.6. The molecule has 2 atom stereocenters. The van der Waals surface area contributed by atoms with Gasteiger partial charge in [-0.2, -0.15) is 0 Å². The van der Waals surface area contributed by atoms with Crippen molar-refractivity contribution in [3.63, 3.8) is 0 Å². The molecule has 2 unspecified atom stereocenters. The molecule has 0 saturated carbocycles. The molecular weight excluding hydrogens is 120 g/mol. The van der Waals surface area contributed by atoms with Crippen LogP contribution in [0.4, 0.5) is 0 Å². The van der Waals surface area contributed by atoms with Crippen molar-refractivity contribution >= 4 is 0 Å². The third-order valence-corrected chi connectivity index (χ3v) is 2.28. The number of hydrogen-bond donors (Lipinski definition) is 0. The average Bonchev–Trinajstić information content (AvgIpc) is 1.98. The Bertz CT molecular complexity index is 84.0. The summed E-state index contributed by atoms with van der Waals surface area (Å²) < 4.78 is 0. The van der Waals surface area contributed by atoms with Gasteiger partial charge in [-0.1, -0.05) is 46.1 Å². The molecule has 0 amide bonds. The molecule has 0 radical (unpaired) electrons. The minimum absolute atomic E-state index is 0.687. The lowest BCUT2D eigenvalue weighted by Gasteiger charge is -2.14. The zero-order chi connectivity index (χ0) is 7.98. The van der Waals surface area contributed by atoms with Crippen molar-refractivity contribution in [2.75, 3.05) is 0 Å². The molecule has 0 aliphatic carbocycles. The van der Waals surface area contributed by atoms with E-state index in [0.29, 0.717) is 5.92 Å². The molecule has 0 aromatic rings. The van der Waals surface area contributed by atoms with Crippen LogP contribution in [0.5, 0.6) is 0 Å². The lowest BCUT2D eigenvalue weighted by atomic mass is 9.91. The molecule has 60 valence electrons. The largest absolute Gasteiger partial charge is 0.103 e. The predicted molar refractivity (Wildman–Crippen MR) is 48.1 cm³/mol. The molecule has 0 aliphatic rings. The molecule has 0 rings (SSSR count). The van der Waals surface area contributed by atoms with Crippen LogP contribution in [0.2, 0.25) is 0 Å². The summed E-state index contributed by atoms with van der Waals surface area (Å²) in [5.41, 5.74) is 0. The molecule has 0 aromatic carbocycles. The van der Waals surface area contributed by atoms with E-state index in [1.54, 1.807) is 0 Å². The van der Waals surface area contributed by atoms with Gasteiger partial charge in [-0.25, -0.2) is 0 Å². The van der Waals surface area contributed by atoms with Gasteiger partial charge in [-0.15, -0.1) is 6.58 Å². The van der Waals surface area contributed by atoms with Crippen molar-refractivity contribution in [2.45, 2.75) is 40.0 Å². The molecule has 0 nitrogen and oxygen atoms in total. The van der Waals surface area contributed by atoms with Crippen molar-refractivity contribution in [3.05, 3.63) is 12.7 Å². The maximum absolute atomic E-state index is 3.79. The Morgan fingerprint density at radius 1 is 1.40 bits per heavy atom. The summed E-state index contributed by atoms with van der Waals surface area (Å²) in [5.74, 6) is 1.50. The first-order chi connectivity index (χ1) is 4.72. The fourth-order valence-electron chi connectivity index (χ4n) is 1.02. The molecular formula is C10H20. The minimum Gasteiger partial charge on any atom is -0.103 e. The zero-order valence-electron chi connectivity index (χ0n) is 7.56. The molecule has 0 heteroatoms. The van der Waals surface area contributed by atoms with Gasteiger partial charge in [0.25, 0.3) is 0 Å². The normalized spacial score (nSPS) is 16.3. The summed E-state index contributed by atoms with van der Waals surface area (Å²) >= 11 is 0. The third-order valence-electron chi connectivity index (χ3n) is 2.28. The first-order valence-electron chi connectivity index (χ1n) is 4.34. The lowest BCUT2D eigenvalue weighted by Crippen LogP contribution is -2.04. The van der Waals surface area contributed by atoms with Crippen LogP contribution >= 0.6 is 0 Å². The van der Waals surface area contributed by atoms with E-state index < -0.39 is 0 Å². The molecule has 0 fully saturated rings. The van der Waals surface area contributed by atoms with Crippen molar-refractivity contribution in [1.82, 2.24) is 0 Å². The van der Waals surface area contributed by atoms with Crippen molar-refractivity contribution in [3.8, 4) is 0 Å². The van der Waals surface area contributed by atoms with Gasteiger partial charge in [0.05, 0.1) is 0 Å². The van der Waals surface area contributed by atoms with E-state index in [1.165, 1.54) is 19.3 Å². The van der Waals surface area contributed by atoms with Gasteiger partial charge in [0, 0.05) is 0 Å². The Kier molecular flexibility index (Phi) is 5.38. The molecule has 0 heterocycles. The van der Waals surface area contributed by atoms with Crippen LogP contribution < -0.4 is 0 Å². The summed E-state index contributed by atoms with van der Waals surface area (Å²) in [6, 6.07) is 0. The standard InChI is InChI=1S/C10H20/c1-5-7-8-10(4)9(3)6-2/h6,9-10H,2,5,7-8H2,1,3-4H3. The van der Waals surface area contributed by atoms with Crippen LogP contribution in [0, 0.1) is 11.8 Å². The minimum atomic E-state index is 0.687. The van der Waals surface area contributed by atoms with Crippen LogP contribution in [0.1, 0.15) is 40.0 Å². The second-order valence-electron chi connectivity index (χ2n) is 3.21. The van der Waals surface area contributed by atoms with E-state index in [2.05, 4.69) is 33.4 Å². The fraction of sp³-hybridized carbons (Fsp3) is 0.800. The number of allylic oxidation sites excluding steroid dienone is 1. The highest BCUT2D eigenvalue weighted by atomic mass is 14.1. The van der Waals surface area contributed by atoms with E-state index in [0.717, 1.165) is 5.92 Å². The zero-order valence-corrected chi connectivity index (χ0v) is 7.56. The molecule has 0 aliphatic heterocycles. The smallest absolute Gasteiger partial charge is 0.0239 e. The van der Waals surface area contributed by atoms with Crippen LogP contribution in [0.25, 0.3) is 0 Å². The van der Waals surface area contributed by atoms with Crippen LogP contribution in [-0.2, 0) is 0 Å². The second kappa shape index (κ2) is 5.52. The Labute approximate surface area is 65.3 Å². The summed E-state index contributed by atoms with van der Waals surface area (Å²) in [7, 11) is 0. The van der Waals surface area contributed by atoms with Gasteiger partial charge in [0.15, 0.2) is 0 Å². The highest BCUT2D eigenvalue weighted by Gasteiger charge is 2.06. The Balaban J connectivity index is 3.40. The van der Waals surface area contributed by atoms with Gasteiger partial charge >= 0.3 is 0 Å². The Morgan fingerprint density at radius 3 is 2.40 bits per heavy atom. The highest BCUT2D eigenvalue weighted by Crippen LogP contribution is 2.17. The van der Waals surface area contributed by atoms with Gasteiger partial charge in [-0.3, -0.25) is 0 Å². The molecule has 0 N–H and O–H groups in total. The van der Waals surface area contributed by atoms with Crippen molar-refractivity contribution in [2.24, 2.45) is 11.8 Å². The average molecular weight is 140 g/mol. The van der Waals surface area contributed by atoms with E-state index in [-0.39, 0.29) is 0 Å². The summed E-state index contributed by atoms with van der Waals surface area (Å²) in [6.07, 6.45) is 6.08. The van der Waals surface area contributed by atoms with Gasteiger partial charge in [-0.05, 0) is 11.8 Å². The molecule has 10 heavy (non-hydrogen) atoms. The monoisotopic (exact) mass is 140 g/mol. The van der Waals surface area contributed by atoms with E-state index >= 15 is 0 Å². The third kappa shape index (κ3) is 3.71. The molecule has 0 aromatic heterocycles. The van der Waals surface area contributed by atoms with Crippen molar-refractivity contribution in [1.29, 1.82) is 0 Å². The first-order valence-corrected chi connectivity index (χ1v) is 4.34. The lowest BCUT2D eigenvalue weighted by molar-refractivity contribution is 0.414. The quantitative estimate of drug-likeness (QED) is 0.511. The predicted octanol–water partition coefficient (Wildman–Crippen LogP) is 3.63. The summed E-state index contributed by atoms with van der Waals surface area (Å²) in [5, 5.41) is 0. The number of hydrogen-bond acceptors (Lipinski definition) is 0. The second-order valence-corrected chi connectivity index (χ2v) is 3.21. The van der Waals surface area contributed by atoms with Crippen LogP contribution in [-0.4, -0.2) is 0 Å². The van der Waals surface area contributed by atoms with Crippen LogP contribution in [0.15, 0.2) is 12.7 Å². The SMILES string of the molecule is C=CC(C)C(C)CCCC. The molecule has 0 saturated heterocycles. The van der Waals surface area contributed by atoms with Gasteiger partial charge in [0.1, 0.15) is 0 Å². The van der Waals surface area contributed by atoms with Crippen LogP contribution in [0.3, 0.4) is 0 Å². The van der Waals surface area contributed by atoms with Crippen molar-refractivity contribution < 1.29 is 0 Å². The Hall–Kier alpha value is -0.260. The molecule has 0 bridgehead atoms. The fourth-order valence-corrected chi connectivity index (χ4v) is 1.02. The van der Waals surface area contributed by atoms with E-state index in [9.17, 15) is 0 Å². The molecule has 0 spiro atoms. The maximum atomic E-state index is 3.79. The highest BCUT2D eigenvalue weighted by molar-refractivity contribution is 4.78. The maximum Gasteiger partial charge on any atom is -0.0239 e. The first kappa shape index (κ1) is 9.74. The van der Waals surface area contributed by atoms with E-state index in [1.807, 2.05) is 0 Å². The Morgan fingerprint density at radius 2 is 2.00 bits per heavy atom. The summed E-state index contributed by atoms with van der Waals surface area (Å²) in [4.78, 5) is 0. The number of rotatable bonds is 5.